The lowest BCUT2D eigenvalue weighted by atomic mass is 10.1. The van der Waals surface area contributed by atoms with Crippen molar-refractivity contribution < 1.29 is 17.9 Å². The Balaban J connectivity index is 1.91. The van der Waals surface area contributed by atoms with Gasteiger partial charge in [-0.25, -0.2) is 8.42 Å². The molecule has 6 nitrogen and oxygen atoms in total. The van der Waals surface area contributed by atoms with Crippen LogP contribution >= 0.6 is 11.6 Å². The molecule has 1 aliphatic rings. The average molecular weight is 367 g/mol. The molecule has 0 unspecified atom stereocenters. The molecule has 2 aromatic rings. The highest BCUT2D eigenvalue weighted by Crippen LogP contribution is 2.32. The van der Waals surface area contributed by atoms with Crippen LogP contribution in [0.1, 0.15) is 5.56 Å². The maximum absolute atomic E-state index is 12.5. The molecule has 1 aliphatic heterocycles. The molecule has 1 N–H and O–H groups in total. The van der Waals surface area contributed by atoms with Crippen molar-refractivity contribution in [2.75, 3.05) is 23.8 Å². The first-order valence-corrected chi connectivity index (χ1v) is 8.94. The number of sulfonamides is 1. The summed E-state index contributed by atoms with van der Waals surface area (Å²) < 4.78 is 32.6. The van der Waals surface area contributed by atoms with Gasteiger partial charge in [0.25, 0.3) is 10.0 Å². The lowest BCUT2D eigenvalue weighted by Gasteiger charge is -2.13. The number of hydrogen-bond donors (Lipinski definition) is 1. The molecule has 2 aromatic carbocycles. The Hall–Kier alpha value is -2.25. The summed E-state index contributed by atoms with van der Waals surface area (Å²) in [7, 11) is -0.687. The van der Waals surface area contributed by atoms with E-state index in [0.717, 1.165) is 11.3 Å². The second kappa shape index (κ2) is 5.99. The SMILES string of the molecule is COc1ccc(S(=O)(=O)Nc2ccc3c(c2)CC(=O)N3C)c(Cl)c1. The van der Waals surface area contributed by atoms with E-state index in [1.165, 1.54) is 25.3 Å². The fraction of sp³-hybridized carbons (Fsp3) is 0.188. The molecule has 0 bridgehead atoms. The molecule has 0 radical (unpaired) electrons. The van der Waals surface area contributed by atoms with Gasteiger partial charge in [0.2, 0.25) is 5.91 Å². The van der Waals surface area contributed by atoms with Gasteiger partial charge in [-0.05, 0) is 35.9 Å². The van der Waals surface area contributed by atoms with Crippen LogP contribution in [0, 0.1) is 0 Å². The number of nitrogens with one attached hydrogen (secondary N) is 1. The van der Waals surface area contributed by atoms with Gasteiger partial charge in [0.15, 0.2) is 0 Å². The van der Waals surface area contributed by atoms with Crippen LogP contribution in [-0.4, -0.2) is 28.5 Å². The maximum atomic E-state index is 12.5. The normalized spacial score (nSPS) is 13.8. The minimum atomic E-state index is -3.85. The number of fused-ring (bicyclic) bond motifs is 1. The third-order valence-corrected chi connectivity index (χ3v) is 5.70. The van der Waals surface area contributed by atoms with E-state index in [0.29, 0.717) is 11.4 Å². The molecule has 1 heterocycles. The molecule has 0 aliphatic carbocycles. The van der Waals surface area contributed by atoms with Gasteiger partial charge < -0.3 is 9.64 Å². The number of amides is 1. The highest BCUT2D eigenvalue weighted by atomic mass is 35.5. The highest BCUT2D eigenvalue weighted by Gasteiger charge is 2.25. The predicted octanol–water partition coefficient (Wildman–Crippen LogP) is 2.67. The molecule has 24 heavy (non-hydrogen) atoms. The van der Waals surface area contributed by atoms with E-state index >= 15 is 0 Å². The van der Waals surface area contributed by atoms with E-state index in [4.69, 9.17) is 16.3 Å². The zero-order chi connectivity index (χ0) is 17.5. The number of rotatable bonds is 4. The second-order valence-electron chi connectivity index (χ2n) is 5.37. The number of anilines is 2. The minimum absolute atomic E-state index is 0.0248. The highest BCUT2D eigenvalue weighted by molar-refractivity contribution is 7.92. The lowest BCUT2D eigenvalue weighted by Crippen LogP contribution is -2.20. The molecule has 0 atom stereocenters. The van der Waals surface area contributed by atoms with Gasteiger partial charge in [0.05, 0.1) is 18.6 Å². The maximum Gasteiger partial charge on any atom is 0.263 e. The van der Waals surface area contributed by atoms with E-state index in [-0.39, 0.29) is 22.2 Å². The minimum Gasteiger partial charge on any atom is -0.497 e. The monoisotopic (exact) mass is 366 g/mol. The molecule has 0 spiro atoms. The number of halogens is 1. The van der Waals surface area contributed by atoms with Crippen LogP contribution < -0.4 is 14.4 Å². The summed E-state index contributed by atoms with van der Waals surface area (Å²) in [4.78, 5) is 13.2. The summed E-state index contributed by atoms with van der Waals surface area (Å²) in [6, 6.07) is 9.33. The molecule has 0 fully saturated rings. The summed E-state index contributed by atoms with van der Waals surface area (Å²) in [5.41, 5.74) is 1.94. The second-order valence-corrected chi connectivity index (χ2v) is 7.43. The van der Waals surface area contributed by atoms with Crippen LogP contribution in [0.3, 0.4) is 0 Å². The molecule has 0 saturated carbocycles. The summed E-state index contributed by atoms with van der Waals surface area (Å²) >= 11 is 6.04. The third kappa shape index (κ3) is 2.92. The summed E-state index contributed by atoms with van der Waals surface area (Å²) in [5, 5.41) is 0.0675. The van der Waals surface area contributed by atoms with Crippen molar-refractivity contribution in [3.63, 3.8) is 0 Å². The van der Waals surface area contributed by atoms with Crippen molar-refractivity contribution in [2.45, 2.75) is 11.3 Å². The number of benzene rings is 2. The van der Waals surface area contributed by atoms with Crippen molar-refractivity contribution in [1.82, 2.24) is 0 Å². The van der Waals surface area contributed by atoms with Gasteiger partial charge in [-0.1, -0.05) is 11.6 Å². The average Bonchev–Trinajstić information content (AvgIpc) is 2.80. The van der Waals surface area contributed by atoms with Crippen LogP contribution in [0.15, 0.2) is 41.3 Å². The number of hydrogen-bond acceptors (Lipinski definition) is 4. The van der Waals surface area contributed by atoms with Crippen molar-refractivity contribution >= 4 is 38.9 Å². The van der Waals surface area contributed by atoms with Gasteiger partial charge in [0, 0.05) is 24.5 Å². The summed E-state index contributed by atoms with van der Waals surface area (Å²) in [6.07, 6.45) is 0.255. The van der Waals surface area contributed by atoms with Gasteiger partial charge >= 0.3 is 0 Å². The Morgan fingerprint density at radius 3 is 2.62 bits per heavy atom. The molecule has 126 valence electrons. The van der Waals surface area contributed by atoms with Gasteiger partial charge in [0.1, 0.15) is 10.6 Å². The van der Waals surface area contributed by atoms with E-state index in [9.17, 15) is 13.2 Å². The van der Waals surface area contributed by atoms with E-state index in [2.05, 4.69) is 4.72 Å². The van der Waals surface area contributed by atoms with Gasteiger partial charge in [-0.2, -0.15) is 0 Å². The number of ether oxygens (including phenoxy) is 1. The zero-order valence-electron chi connectivity index (χ0n) is 13.0. The standard InChI is InChI=1S/C16H15ClN2O4S/c1-19-14-5-3-11(7-10(14)8-16(19)20)18-24(21,22)15-6-4-12(23-2)9-13(15)17/h3-7,9,18H,8H2,1-2H3. The topological polar surface area (TPSA) is 75.7 Å². The van der Waals surface area contributed by atoms with Crippen LogP contribution in [0.25, 0.3) is 0 Å². The predicted molar refractivity (Wildman–Crippen MR) is 92.4 cm³/mol. The molecular formula is C16H15ClN2O4S. The fourth-order valence-corrected chi connectivity index (χ4v) is 4.16. The summed E-state index contributed by atoms with van der Waals surface area (Å²) in [5.74, 6) is 0.446. The van der Waals surface area contributed by atoms with Gasteiger partial charge in [-0.3, -0.25) is 9.52 Å². The molecule has 1 amide bonds. The fourth-order valence-electron chi connectivity index (χ4n) is 2.57. The van der Waals surface area contributed by atoms with Crippen LogP contribution in [0.2, 0.25) is 5.02 Å². The third-order valence-electron chi connectivity index (χ3n) is 3.84. The molecule has 8 heteroatoms. The first kappa shape index (κ1) is 16.6. The Morgan fingerprint density at radius 1 is 1.21 bits per heavy atom. The van der Waals surface area contributed by atoms with Crippen molar-refractivity contribution in [2.24, 2.45) is 0 Å². The lowest BCUT2D eigenvalue weighted by molar-refractivity contribution is -0.117. The Kier molecular flexibility index (Phi) is 4.15. The molecule has 3 rings (SSSR count). The smallest absolute Gasteiger partial charge is 0.263 e. The Bertz CT molecular complexity index is 928. The van der Waals surface area contributed by atoms with Gasteiger partial charge in [-0.15, -0.1) is 0 Å². The van der Waals surface area contributed by atoms with Crippen LogP contribution in [-0.2, 0) is 21.2 Å². The Labute approximate surface area is 145 Å². The number of likely N-dealkylation sites (N-methyl/N-ethyl adjacent to an activating group) is 1. The van der Waals surface area contributed by atoms with Crippen LogP contribution in [0.5, 0.6) is 5.75 Å². The largest absolute Gasteiger partial charge is 0.497 e. The number of nitrogens with zero attached hydrogens (tertiary/aromatic N) is 1. The Morgan fingerprint density at radius 2 is 1.96 bits per heavy atom. The quantitative estimate of drug-likeness (QED) is 0.902. The molecule has 0 saturated heterocycles. The number of carbonyl (C=O) groups is 1. The van der Waals surface area contributed by atoms with E-state index in [1.807, 2.05) is 0 Å². The summed E-state index contributed by atoms with van der Waals surface area (Å²) in [6.45, 7) is 0. The van der Waals surface area contributed by atoms with Crippen molar-refractivity contribution in [1.29, 1.82) is 0 Å². The van der Waals surface area contributed by atoms with E-state index < -0.39 is 10.0 Å². The molecule has 0 aromatic heterocycles. The number of methoxy groups -OCH3 is 1. The van der Waals surface area contributed by atoms with Crippen molar-refractivity contribution in [3.8, 4) is 5.75 Å². The first-order valence-electron chi connectivity index (χ1n) is 7.07. The van der Waals surface area contributed by atoms with Crippen LogP contribution in [0.4, 0.5) is 11.4 Å². The van der Waals surface area contributed by atoms with Crippen molar-refractivity contribution in [3.05, 3.63) is 47.0 Å². The number of carbonyl (C=O) groups excluding carboxylic acids is 1. The first-order chi connectivity index (χ1) is 11.3. The molecular weight excluding hydrogens is 352 g/mol. The van der Waals surface area contributed by atoms with E-state index in [1.54, 1.807) is 30.1 Å². The zero-order valence-corrected chi connectivity index (χ0v) is 14.6.